The summed E-state index contributed by atoms with van der Waals surface area (Å²) < 4.78 is 22.7. The fraction of sp³-hybridized carbons (Fsp3) is 0.768. The van der Waals surface area contributed by atoms with E-state index >= 15 is 0 Å². The highest BCUT2D eigenvalue weighted by Crippen LogP contribution is 2.30. The number of hydrogen-bond acceptors (Lipinski definition) is 13. The first-order valence-corrected chi connectivity index (χ1v) is 27.2. The molecule has 12 atom stereocenters. The van der Waals surface area contributed by atoms with Gasteiger partial charge < -0.3 is 65.1 Å². The lowest BCUT2D eigenvalue weighted by Gasteiger charge is -2.46. The number of rotatable bonds is 41. The second-order valence-corrected chi connectivity index (χ2v) is 19.0. The van der Waals surface area contributed by atoms with Crippen LogP contribution in [0.4, 0.5) is 0 Å². The van der Waals surface area contributed by atoms with Gasteiger partial charge in [-0.1, -0.05) is 170 Å². The number of amides is 1. The van der Waals surface area contributed by atoms with E-state index in [1.807, 2.05) is 6.08 Å². The summed E-state index contributed by atoms with van der Waals surface area (Å²) in [6, 6.07) is -0.950. The third-order valence-electron chi connectivity index (χ3n) is 12.9. The first-order chi connectivity index (χ1) is 34.1. The zero-order valence-electron chi connectivity index (χ0n) is 43.0. The van der Waals surface area contributed by atoms with Crippen LogP contribution in [0.1, 0.15) is 181 Å². The predicted octanol–water partition coefficient (Wildman–Crippen LogP) is 7.99. The highest BCUT2D eigenvalue weighted by Gasteiger charge is 2.51. The van der Waals surface area contributed by atoms with Crippen LogP contribution in [0.25, 0.3) is 0 Å². The fourth-order valence-corrected chi connectivity index (χ4v) is 8.45. The van der Waals surface area contributed by atoms with E-state index in [0.29, 0.717) is 12.8 Å². The maximum atomic E-state index is 13.2. The monoisotopic (exact) mass is 992 g/mol. The minimum absolute atomic E-state index is 0.247. The Bertz CT molecular complexity index is 1450. The van der Waals surface area contributed by atoms with Crippen LogP contribution in [0, 0.1) is 0 Å². The predicted molar refractivity (Wildman–Crippen MR) is 277 cm³/mol. The van der Waals surface area contributed by atoms with Gasteiger partial charge in [-0.05, 0) is 77.0 Å². The molecule has 0 aromatic carbocycles. The third kappa shape index (κ3) is 28.0. The lowest BCUT2D eigenvalue weighted by Crippen LogP contribution is -2.65. The van der Waals surface area contributed by atoms with Crippen LogP contribution in [0.3, 0.4) is 0 Å². The normalized spacial score (nSPS) is 26.5. The summed E-state index contributed by atoms with van der Waals surface area (Å²) in [6.45, 7) is 2.63. The molecule has 70 heavy (non-hydrogen) atoms. The van der Waals surface area contributed by atoms with Gasteiger partial charge in [0.1, 0.15) is 48.8 Å². The Morgan fingerprint density at radius 3 is 1.57 bits per heavy atom. The van der Waals surface area contributed by atoms with Crippen LogP contribution >= 0.6 is 0 Å². The molecule has 0 aromatic rings. The highest BCUT2D eigenvalue weighted by atomic mass is 16.7. The molecule has 14 heteroatoms. The molecule has 0 bridgehead atoms. The first kappa shape index (κ1) is 63.5. The molecular weight excluding hydrogens is 895 g/mol. The molecule has 2 fully saturated rings. The van der Waals surface area contributed by atoms with Crippen molar-refractivity contribution in [3.05, 3.63) is 72.9 Å². The van der Waals surface area contributed by atoms with Gasteiger partial charge >= 0.3 is 0 Å². The highest BCUT2D eigenvalue weighted by molar-refractivity contribution is 5.76. The standard InChI is InChI=1S/C56H97NO13/c1-3-5-7-9-11-13-15-17-19-20-21-22-23-24-26-27-29-31-33-35-37-39-45(60)44(57-48(61)40-38-36-34-32-30-28-25-18-16-14-12-10-8-6-4-2)43-67-55-53(66)51(64)54(47(42-59)69-55)70-56-52(65)50(63)49(62)46(41-58)68-56/h6,8,12,14,18,23-25,29,31,37,39,44-47,49-56,58-60,62-66H,3-5,7,9-11,13,15-17,19-22,26-28,30,32-36,38,40-43H2,1-2H3,(H,57,61)/b8-6-,14-12-,24-23+,25-18-,31-29+,39-37+. The van der Waals surface area contributed by atoms with Crippen LogP contribution in [-0.2, 0) is 23.7 Å². The van der Waals surface area contributed by atoms with E-state index in [2.05, 4.69) is 79.9 Å². The molecule has 0 aromatic heterocycles. The molecule has 2 saturated heterocycles. The molecule has 2 heterocycles. The van der Waals surface area contributed by atoms with Crippen molar-refractivity contribution in [1.82, 2.24) is 5.32 Å². The lowest BCUT2D eigenvalue weighted by atomic mass is 9.97. The molecule has 2 aliphatic heterocycles. The Morgan fingerprint density at radius 1 is 0.529 bits per heavy atom. The van der Waals surface area contributed by atoms with Gasteiger partial charge in [0.25, 0.3) is 0 Å². The molecule has 12 unspecified atom stereocenters. The van der Waals surface area contributed by atoms with Gasteiger partial charge in [-0.25, -0.2) is 0 Å². The van der Waals surface area contributed by atoms with Crippen molar-refractivity contribution in [1.29, 1.82) is 0 Å². The van der Waals surface area contributed by atoms with Gasteiger partial charge in [0.05, 0.1) is 32.0 Å². The Hall–Kier alpha value is -2.57. The summed E-state index contributed by atoms with van der Waals surface area (Å²) in [5.41, 5.74) is 0. The number of nitrogens with one attached hydrogen (secondary N) is 1. The molecular formula is C56H97NO13. The summed E-state index contributed by atoms with van der Waals surface area (Å²) in [5, 5.41) is 86.8. The van der Waals surface area contributed by atoms with Crippen molar-refractivity contribution in [2.75, 3.05) is 19.8 Å². The molecule has 0 radical (unpaired) electrons. The van der Waals surface area contributed by atoms with E-state index < -0.39 is 86.8 Å². The first-order valence-electron chi connectivity index (χ1n) is 27.2. The van der Waals surface area contributed by atoms with E-state index in [9.17, 15) is 45.6 Å². The van der Waals surface area contributed by atoms with Gasteiger partial charge in [0, 0.05) is 6.42 Å². The van der Waals surface area contributed by atoms with Crippen LogP contribution in [0.5, 0.6) is 0 Å². The quantitative estimate of drug-likeness (QED) is 0.0209. The van der Waals surface area contributed by atoms with Gasteiger partial charge in [-0.15, -0.1) is 0 Å². The van der Waals surface area contributed by atoms with Crippen LogP contribution in [0.2, 0.25) is 0 Å². The molecule has 0 spiro atoms. The number of carbonyl (C=O) groups excluding carboxylic acids is 1. The summed E-state index contributed by atoms with van der Waals surface area (Å²) in [5.74, 6) is -0.274. The number of allylic oxidation sites excluding steroid dienone is 11. The molecule has 2 aliphatic rings. The van der Waals surface area contributed by atoms with E-state index in [-0.39, 0.29) is 18.9 Å². The van der Waals surface area contributed by atoms with Crippen molar-refractivity contribution in [3.63, 3.8) is 0 Å². The second-order valence-electron chi connectivity index (χ2n) is 19.0. The minimum Gasteiger partial charge on any atom is -0.394 e. The van der Waals surface area contributed by atoms with Crippen molar-refractivity contribution < 1.29 is 64.6 Å². The number of hydrogen-bond donors (Lipinski definition) is 9. The van der Waals surface area contributed by atoms with E-state index in [1.54, 1.807) is 6.08 Å². The Kier molecular flexibility index (Phi) is 38.0. The van der Waals surface area contributed by atoms with Crippen LogP contribution in [-0.4, -0.2) is 140 Å². The zero-order valence-corrected chi connectivity index (χ0v) is 43.0. The van der Waals surface area contributed by atoms with E-state index in [1.165, 1.54) is 70.6 Å². The SMILES string of the molecule is CC/C=C\C/C=C\C/C=C\CCCCCCCC(=O)NC(COC1OC(CO)C(OC2OC(CO)C(O)C(O)C2O)C(O)C1O)C(O)/C=C/CC/C=C/CC/C=C/CCCCCCCCCCCCC. The van der Waals surface area contributed by atoms with Crippen molar-refractivity contribution in [2.24, 2.45) is 0 Å². The number of ether oxygens (including phenoxy) is 4. The zero-order chi connectivity index (χ0) is 51.0. The topological polar surface area (TPSA) is 228 Å². The van der Waals surface area contributed by atoms with Crippen molar-refractivity contribution >= 4 is 5.91 Å². The summed E-state index contributed by atoms with van der Waals surface area (Å²) in [4.78, 5) is 13.2. The van der Waals surface area contributed by atoms with Gasteiger partial charge in [-0.3, -0.25) is 4.79 Å². The average Bonchev–Trinajstić information content (AvgIpc) is 3.36. The van der Waals surface area contributed by atoms with Crippen molar-refractivity contribution in [2.45, 2.75) is 254 Å². The average molecular weight is 992 g/mol. The number of unbranched alkanes of at least 4 members (excludes halogenated alkanes) is 18. The Balaban J connectivity index is 1.85. The molecule has 2 rings (SSSR count). The van der Waals surface area contributed by atoms with E-state index in [0.717, 1.165) is 77.0 Å². The smallest absolute Gasteiger partial charge is 0.220 e. The largest absolute Gasteiger partial charge is 0.394 e. The summed E-state index contributed by atoms with van der Waals surface area (Å²) >= 11 is 0. The summed E-state index contributed by atoms with van der Waals surface area (Å²) in [6.07, 6.45) is 36.6. The van der Waals surface area contributed by atoms with Gasteiger partial charge in [0.2, 0.25) is 5.91 Å². The van der Waals surface area contributed by atoms with E-state index in [4.69, 9.17) is 18.9 Å². The third-order valence-corrected chi connectivity index (χ3v) is 12.9. The summed E-state index contributed by atoms with van der Waals surface area (Å²) in [7, 11) is 0. The van der Waals surface area contributed by atoms with Gasteiger partial charge in [0.15, 0.2) is 12.6 Å². The van der Waals surface area contributed by atoms with Crippen molar-refractivity contribution in [3.8, 4) is 0 Å². The van der Waals surface area contributed by atoms with Crippen LogP contribution in [0.15, 0.2) is 72.9 Å². The maximum Gasteiger partial charge on any atom is 0.220 e. The number of carbonyl (C=O) groups is 1. The molecule has 1 amide bonds. The molecule has 14 nitrogen and oxygen atoms in total. The fourth-order valence-electron chi connectivity index (χ4n) is 8.45. The molecule has 9 N–H and O–H groups in total. The minimum atomic E-state index is -1.80. The number of aliphatic hydroxyl groups is 8. The lowest BCUT2D eigenvalue weighted by molar-refractivity contribution is -0.359. The van der Waals surface area contributed by atoms with Gasteiger partial charge in [-0.2, -0.15) is 0 Å². The molecule has 0 aliphatic carbocycles. The molecule has 404 valence electrons. The second kappa shape index (κ2) is 41.9. The maximum absolute atomic E-state index is 13.2. The Morgan fingerprint density at radius 2 is 1.00 bits per heavy atom. The number of aliphatic hydroxyl groups excluding tert-OH is 8. The Labute approximate surface area is 421 Å². The molecule has 0 saturated carbocycles. The van der Waals surface area contributed by atoms with Crippen LogP contribution < -0.4 is 5.32 Å².